The van der Waals surface area contributed by atoms with Crippen LogP contribution < -0.4 is 9.46 Å². The van der Waals surface area contributed by atoms with E-state index in [1.165, 1.54) is 17.4 Å². The van der Waals surface area contributed by atoms with E-state index >= 15 is 0 Å². The van der Waals surface area contributed by atoms with Gasteiger partial charge in [0.25, 0.3) is 0 Å². The van der Waals surface area contributed by atoms with Crippen molar-refractivity contribution in [2.24, 2.45) is 0 Å². The lowest BCUT2D eigenvalue weighted by molar-refractivity contribution is 0.209. The number of ether oxygens (including phenoxy) is 1. The average Bonchev–Trinajstić information content (AvgIpc) is 2.71. The Labute approximate surface area is 175 Å². The van der Waals surface area contributed by atoms with Crippen LogP contribution in [0.15, 0.2) is 54.6 Å². The van der Waals surface area contributed by atoms with Gasteiger partial charge in [-0.2, -0.15) is 0 Å². The minimum atomic E-state index is -3.10. The van der Waals surface area contributed by atoms with E-state index < -0.39 is 10.0 Å². The van der Waals surface area contributed by atoms with Crippen LogP contribution in [0.5, 0.6) is 5.75 Å². The highest BCUT2D eigenvalue weighted by atomic mass is 32.2. The monoisotopic (exact) mass is 416 g/mol. The van der Waals surface area contributed by atoms with Crippen molar-refractivity contribution < 1.29 is 13.2 Å². The Morgan fingerprint density at radius 3 is 2.28 bits per heavy atom. The summed E-state index contributed by atoms with van der Waals surface area (Å²) in [4.78, 5) is 2.41. The van der Waals surface area contributed by atoms with Gasteiger partial charge in [0.2, 0.25) is 10.0 Å². The predicted molar refractivity (Wildman–Crippen MR) is 118 cm³/mol. The summed E-state index contributed by atoms with van der Waals surface area (Å²) in [5, 5.41) is 0. The molecule has 0 atom stereocenters. The number of piperidine rings is 1. The van der Waals surface area contributed by atoms with Gasteiger partial charge in [-0.3, -0.25) is 0 Å². The van der Waals surface area contributed by atoms with E-state index in [-0.39, 0.29) is 6.04 Å². The minimum absolute atomic E-state index is 0.0829. The summed E-state index contributed by atoms with van der Waals surface area (Å²) in [5.74, 6) is 0.925. The van der Waals surface area contributed by atoms with Crippen LogP contribution in [0, 0.1) is 0 Å². The second kappa shape index (κ2) is 10.8. The first-order valence-corrected chi connectivity index (χ1v) is 12.3. The lowest BCUT2D eigenvalue weighted by Crippen LogP contribution is -2.44. The molecule has 0 unspecified atom stereocenters. The van der Waals surface area contributed by atoms with Gasteiger partial charge in [-0.25, -0.2) is 13.1 Å². The van der Waals surface area contributed by atoms with E-state index in [2.05, 4.69) is 58.2 Å². The summed E-state index contributed by atoms with van der Waals surface area (Å²) < 4.78 is 31.2. The molecular weight excluding hydrogens is 384 g/mol. The van der Waals surface area contributed by atoms with Crippen LogP contribution in [0.25, 0.3) is 0 Å². The molecule has 1 fully saturated rings. The number of aryl methyl sites for hydroxylation is 1. The van der Waals surface area contributed by atoms with Crippen molar-refractivity contribution >= 4 is 10.0 Å². The average molecular weight is 417 g/mol. The number of nitrogens with zero attached hydrogens (tertiary/aromatic N) is 1. The third-order valence-electron chi connectivity index (χ3n) is 5.33. The van der Waals surface area contributed by atoms with Crippen molar-refractivity contribution in [3.8, 4) is 5.75 Å². The van der Waals surface area contributed by atoms with Gasteiger partial charge in [0.15, 0.2) is 0 Å². The molecule has 0 radical (unpaired) electrons. The number of benzene rings is 2. The molecule has 0 bridgehead atoms. The van der Waals surface area contributed by atoms with E-state index in [1.807, 2.05) is 6.07 Å². The van der Waals surface area contributed by atoms with Gasteiger partial charge in [-0.05, 0) is 68.5 Å². The van der Waals surface area contributed by atoms with Gasteiger partial charge in [0, 0.05) is 12.6 Å². The maximum atomic E-state index is 11.3. The van der Waals surface area contributed by atoms with Gasteiger partial charge in [0.1, 0.15) is 5.75 Å². The summed E-state index contributed by atoms with van der Waals surface area (Å²) in [6, 6.07) is 19.0. The highest BCUT2D eigenvalue weighted by molar-refractivity contribution is 7.88. The maximum absolute atomic E-state index is 11.3. The molecule has 0 saturated carbocycles. The fourth-order valence-corrected chi connectivity index (χ4v) is 4.57. The third-order valence-corrected chi connectivity index (χ3v) is 6.09. The van der Waals surface area contributed by atoms with E-state index in [0.29, 0.717) is 0 Å². The highest BCUT2D eigenvalue weighted by Crippen LogP contribution is 2.15. The zero-order chi connectivity index (χ0) is 20.5. The fourth-order valence-electron chi connectivity index (χ4n) is 3.73. The molecule has 0 amide bonds. The molecule has 0 aliphatic carbocycles. The summed E-state index contributed by atoms with van der Waals surface area (Å²) in [6.07, 6.45) is 6.03. The van der Waals surface area contributed by atoms with E-state index in [4.69, 9.17) is 4.74 Å². The number of likely N-dealkylation sites (tertiary alicyclic amines) is 1. The molecule has 158 valence electrons. The Balaban J connectivity index is 1.32. The number of rotatable bonds is 10. The first-order chi connectivity index (χ1) is 14.0. The van der Waals surface area contributed by atoms with Crippen LogP contribution in [-0.4, -0.2) is 51.9 Å². The first-order valence-electron chi connectivity index (χ1n) is 10.4. The van der Waals surface area contributed by atoms with Crippen molar-refractivity contribution in [1.82, 2.24) is 9.62 Å². The molecule has 1 saturated heterocycles. The summed E-state index contributed by atoms with van der Waals surface area (Å²) in [7, 11) is -3.10. The maximum Gasteiger partial charge on any atom is 0.208 e. The molecule has 5 nitrogen and oxygen atoms in total. The Kier molecular flexibility index (Phi) is 8.09. The van der Waals surface area contributed by atoms with Gasteiger partial charge in [-0.1, -0.05) is 42.5 Å². The molecule has 3 rings (SSSR count). The largest absolute Gasteiger partial charge is 0.494 e. The topological polar surface area (TPSA) is 58.6 Å². The Bertz CT molecular complexity index is 830. The van der Waals surface area contributed by atoms with Gasteiger partial charge in [-0.15, -0.1) is 0 Å². The van der Waals surface area contributed by atoms with E-state index in [1.54, 1.807) is 0 Å². The normalized spacial score (nSPS) is 16.0. The van der Waals surface area contributed by atoms with Gasteiger partial charge >= 0.3 is 0 Å². The van der Waals surface area contributed by atoms with Crippen LogP contribution in [0.2, 0.25) is 0 Å². The van der Waals surface area contributed by atoms with Crippen LogP contribution >= 0.6 is 0 Å². The van der Waals surface area contributed by atoms with Crippen LogP contribution in [0.3, 0.4) is 0 Å². The Morgan fingerprint density at radius 2 is 1.62 bits per heavy atom. The molecule has 1 aliphatic heterocycles. The quantitative estimate of drug-likeness (QED) is 0.604. The Hall–Kier alpha value is -1.89. The van der Waals surface area contributed by atoms with Crippen LogP contribution in [0.4, 0.5) is 0 Å². The molecular formula is C23H32N2O3S. The number of sulfonamides is 1. The summed E-state index contributed by atoms with van der Waals surface area (Å²) >= 11 is 0. The van der Waals surface area contributed by atoms with Crippen molar-refractivity contribution in [1.29, 1.82) is 0 Å². The zero-order valence-electron chi connectivity index (χ0n) is 17.2. The van der Waals surface area contributed by atoms with Crippen LogP contribution in [-0.2, 0) is 22.9 Å². The van der Waals surface area contributed by atoms with Crippen molar-refractivity contribution in [3.63, 3.8) is 0 Å². The third kappa shape index (κ3) is 8.17. The molecule has 6 heteroatoms. The lowest BCUT2D eigenvalue weighted by atomic mass is 10.1. The molecule has 0 aromatic heterocycles. The number of nitrogens with one attached hydrogen (secondary N) is 1. The summed E-state index contributed by atoms with van der Waals surface area (Å²) in [5.41, 5.74) is 2.65. The standard InChI is InChI=1S/C23H32N2O3S/c1-29(26,27)24-22-14-17-25(18-15-22)16-13-21-9-11-23(12-10-21)28-19-5-8-20-6-3-2-4-7-20/h2-4,6-7,9-12,22,24H,5,8,13-19H2,1H3. The molecule has 1 heterocycles. The second-order valence-corrected chi connectivity index (χ2v) is 9.62. The summed E-state index contributed by atoms with van der Waals surface area (Å²) in [6.45, 7) is 3.61. The SMILES string of the molecule is CS(=O)(=O)NC1CCN(CCc2ccc(OCCCc3ccccc3)cc2)CC1. The second-order valence-electron chi connectivity index (χ2n) is 7.84. The number of hydrogen-bond acceptors (Lipinski definition) is 4. The van der Waals surface area contributed by atoms with Crippen molar-refractivity contribution in [2.45, 2.75) is 38.1 Å². The van der Waals surface area contributed by atoms with E-state index in [9.17, 15) is 8.42 Å². The molecule has 1 aliphatic rings. The molecule has 2 aromatic carbocycles. The smallest absolute Gasteiger partial charge is 0.208 e. The molecule has 0 spiro atoms. The molecule has 2 aromatic rings. The highest BCUT2D eigenvalue weighted by Gasteiger charge is 2.21. The lowest BCUT2D eigenvalue weighted by Gasteiger charge is -2.31. The zero-order valence-corrected chi connectivity index (χ0v) is 18.0. The molecule has 1 N–H and O–H groups in total. The van der Waals surface area contributed by atoms with Crippen molar-refractivity contribution in [3.05, 3.63) is 65.7 Å². The first kappa shape index (κ1) is 21.8. The minimum Gasteiger partial charge on any atom is -0.494 e. The molecule has 29 heavy (non-hydrogen) atoms. The Morgan fingerprint density at radius 1 is 0.966 bits per heavy atom. The number of hydrogen-bond donors (Lipinski definition) is 1. The van der Waals surface area contributed by atoms with Crippen LogP contribution in [0.1, 0.15) is 30.4 Å². The van der Waals surface area contributed by atoms with Gasteiger partial charge in [0.05, 0.1) is 12.9 Å². The van der Waals surface area contributed by atoms with E-state index in [0.717, 1.165) is 64.1 Å². The predicted octanol–water partition coefficient (Wildman–Crippen LogP) is 3.25. The van der Waals surface area contributed by atoms with Gasteiger partial charge < -0.3 is 9.64 Å². The van der Waals surface area contributed by atoms with Crippen molar-refractivity contribution in [2.75, 3.05) is 32.5 Å². The fraction of sp³-hybridized carbons (Fsp3) is 0.478.